The van der Waals surface area contributed by atoms with Gasteiger partial charge in [-0.3, -0.25) is 4.79 Å². The summed E-state index contributed by atoms with van der Waals surface area (Å²) in [5.74, 6) is -0.125. The van der Waals surface area contributed by atoms with Gasteiger partial charge in [-0.1, -0.05) is 32.6 Å². The molecule has 2 fully saturated rings. The minimum absolute atomic E-state index is 0.00306. The van der Waals surface area contributed by atoms with Crippen LogP contribution in [0.25, 0.3) is 0 Å². The molecule has 92 valence electrons. The Morgan fingerprint density at radius 3 is 2.94 bits per heavy atom. The molecule has 0 saturated carbocycles. The van der Waals surface area contributed by atoms with Crippen LogP contribution in [0.1, 0.15) is 45.4 Å². The molecular weight excluding hydrogens is 208 g/mol. The Bertz CT molecular complexity index is 253. The third kappa shape index (κ3) is 2.38. The molecule has 0 spiro atoms. The minimum atomic E-state index is -0.910. The van der Waals surface area contributed by atoms with Crippen LogP contribution in [0.15, 0.2) is 0 Å². The molecule has 2 rings (SSSR count). The number of aliphatic hydroxyl groups is 1. The molecule has 2 aliphatic heterocycles. The molecule has 0 bridgehead atoms. The van der Waals surface area contributed by atoms with E-state index in [1.165, 1.54) is 19.3 Å². The summed E-state index contributed by atoms with van der Waals surface area (Å²) < 4.78 is 10.5. The predicted octanol–water partition coefficient (Wildman–Crippen LogP) is 1.61. The lowest BCUT2D eigenvalue weighted by Crippen LogP contribution is -2.24. The highest BCUT2D eigenvalue weighted by Crippen LogP contribution is 2.38. The van der Waals surface area contributed by atoms with E-state index in [0.717, 1.165) is 12.8 Å². The standard InChI is InChI=1S/C12H20O4/c1-2-3-4-5-6-9-8-7-10(13)16-11(8)12(14)15-9/h8-9,11-12,14H,2-7H2,1H3/t8-,9-,11-,12-/m1/s1. The van der Waals surface area contributed by atoms with Gasteiger partial charge in [0.1, 0.15) is 0 Å². The average Bonchev–Trinajstić information content (AvgIpc) is 2.75. The van der Waals surface area contributed by atoms with Crippen molar-refractivity contribution in [3.05, 3.63) is 0 Å². The van der Waals surface area contributed by atoms with Crippen LogP contribution in [-0.4, -0.2) is 29.6 Å². The van der Waals surface area contributed by atoms with E-state index in [0.29, 0.717) is 6.42 Å². The first-order valence-electron chi connectivity index (χ1n) is 6.25. The lowest BCUT2D eigenvalue weighted by molar-refractivity contribution is -0.165. The van der Waals surface area contributed by atoms with Gasteiger partial charge >= 0.3 is 5.97 Å². The zero-order valence-corrected chi connectivity index (χ0v) is 9.72. The van der Waals surface area contributed by atoms with E-state index in [-0.39, 0.29) is 18.0 Å². The number of carbonyl (C=O) groups excluding carboxylic acids is 1. The third-order valence-corrected chi connectivity index (χ3v) is 3.51. The monoisotopic (exact) mass is 228 g/mol. The Hall–Kier alpha value is -0.610. The van der Waals surface area contributed by atoms with Crippen LogP contribution in [0, 0.1) is 5.92 Å². The number of ether oxygens (including phenoxy) is 2. The quantitative estimate of drug-likeness (QED) is 0.573. The van der Waals surface area contributed by atoms with E-state index >= 15 is 0 Å². The number of fused-ring (bicyclic) bond motifs is 1. The largest absolute Gasteiger partial charge is 0.457 e. The first kappa shape index (κ1) is 11.9. The maximum atomic E-state index is 11.1. The molecule has 0 aliphatic carbocycles. The van der Waals surface area contributed by atoms with Gasteiger partial charge in [-0.15, -0.1) is 0 Å². The van der Waals surface area contributed by atoms with Gasteiger partial charge in [-0.05, 0) is 6.42 Å². The van der Waals surface area contributed by atoms with Crippen molar-refractivity contribution in [2.75, 3.05) is 0 Å². The summed E-state index contributed by atoms with van der Waals surface area (Å²) in [5, 5.41) is 9.59. The van der Waals surface area contributed by atoms with E-state index in [1.54, 1.807) is 0 Å². The second-order valence-electron chi connectivity index (χ2n) is 4.74. The number of carbonyl (C=O) groups is 1. The molecule has 1 N–H and O–H groups in total. The maximum absolute atomic E-state index is 11.1. The molecule has 0 aromatic carbocycles. The lowest BCUT2D eigenvalue weighted by Gasteiger charge is -2.13. The number of esters is 1. The normalized spacial score (nSPS) is 37.5. The van der Waals surface area contributed by atoms with Crippen molar-refractivity contribution in [1.82, 2.24) is 0 Å². The summed E-state index contributed by atoms with van der Waals surface area (Å²) in [5.41, 5.74) is 0. The van der Waals surface area contributed by atoms with E-state index in [2.05, 4.69) is 6.92 Å². The fourth-order valence-corrected chi connectivity index (χ4v) is 2.62. The van der Waals surface area contributed by atoms with Gasteiger partial charge in [-0.2, -0.15) is 0 Å². The van der Waals surface area contributed by atoms with Gasteiger partial charge in [0, 0.05) is 5.92 Å². The van der Waals surface area contributed by atoms with Crippen molar-refractivity contribution in [2.45, 2.75) is 63.9 Å². The van der Waals surface area contributed by atoms with Crippen molar-refractivity contribution in [3.63, 3.8) is 0 Å². The molecule has 0 amide bonds. The van der Waals surface area contributed by atoms with Gasteiger partial charge in [0.15, 0.2) is 12.4 Å². The maximum Gasteiger partial charge on any atom is 0.306 e. The van der Waals surface area contributed by atoms with Crippen LogP contribution in [0.2, 0.25) is 0 Å². The van der Waals surface area contributed by atoms with E-state index in [9.17, 15) is 9.90 Å². The molecule has 4 heteroatoms. The topological polar surface area (TPSA) is 55.8 Å². The van der Waals surface area contributed by atoms with Crippen molar-refractivity contribution in [1.29, 1.82) is 0 Å². The summed E-state index contributed by atoms with van der Waals surface area (Å²) in [4.78, 5) is 11.1. The molecule has 0 aromatic rings. The van der Waals surface area contributed by atoms with E-state index in [4.69, 9.17) is 9.47 Å². The second-order valence-corrected chi connectivity index (χ2v) is 4.74. The van der Waals surface area contributed by atoms with E-state index < -0.39 is 12.4 Å². The summed E-state index contributed by atoms with van der Waals surface area (Å²) in [6, 6.07) is 0. The van der Waals surface area contributed by atoms with Crippen LogP contribution in [0.5, 0.6) is 0 Å². The molecular formula is C12H20O4. The first-order valence-corrected chi connectivity index (χ1v) is 6.25. The Morgan fingerprint density at radius 2 is 2.19 bits per heavy atom. The van der Waals surface area contributed by atoms with Crippen LogP contribution < -0.4 is 0 Å². The number of aliphatic hydroxyl groups excluding tert-OH is 1. The molecule has 4 nitrogen and oxygen atoms in total. The van der Waals surface area contributed by atoms with Crippen molar-refractivity contribution >= 4 is 5.97 Å². The van der Waals surface area contributed by atoms with Crippen LogP contribution in [0.4, 0.5) is 0 Å². The predicted molar refractivity (Wildman–Crippen MR) is 57.6 cm³/mol. The second kappa shape index (κ2) is 5.15. The van der Waals surface area contributed by atoms with Crippen LogP contribution in [-0.2, 0) is 14.3 Å². The van der Waals surface area contributed by atoms with E-state index in [1.807, 2.05) is 0 Å². The third-order valence-electron chi connectivity index (χ3n) is 3.51. The summed E-state index contributed by atoms with van der Waals surface area (Å²) in [6.07, 6.45) is 4.75. The molecule has 4 atom stereocenters. The average molecular weight is 228 g/mol. The van der Waals surface area contributed by atoms with Gasteiger partial charge in [-0.25, -0.2) is 0 Å². The summed E-state index contributed by atoms with van der Waals surface area (Å²) in [7, 11) is 0. The molecule has 0 aromatic heterocycles. The van der Waals surface area contributed by atoms with Crippen LogP contribution >= 0.6 is 0 Å². The summed E-state index contributed by atoms with van der Waals surface area (Å²) in [6.45, 7) is 2.18. The van der Waals surface area contributed by atoms with Crippen LogP contribution in [0.3, 0.4) is 0 Å². The smallest absolute Gasteiger partial charge is 0.306 e. The molecule has 0 unspecified atom stereocenters. The highest BCUT2D eigenvalue weighted by Gasteiger charge is 2.50. The fraction of sp³-hybridized carbons (Fsp3) is 0.917. The highest BCUT2D eigenvalue weighted by molar-refractivity contribution is 5.72. The minimum Gasteiger partial charge on any atom is -0.457 e. The lowest BCUT2D eigenvalue weighted by atomic mass is 9.93. The number of hydrogen-bond donors (Lipinski definition) is 1. The van der Waals surface area contributed by atoms with Gasteiger partial charge in [0.05, 0.1) is 12.5 Å². The SMILES string of the molecule is CCCCCC[C@H]1O[C@@H](O)[C@@H]2OC(=O)C[C@@H]21. The molecule has 16 heavy (non-hydrogen) atoms. The molecule has 2 saturated heterocycles. The molecule has 2 heterocycles. The Kier molecular flexibility index (Phi) is 3.82. The Morgan fingerprint density at radius 1 is 1.38 bits per heavy atom. The van der Waals surface area contributed by atoms with Gasteiger partial charge in [0.2, 0.25) is 0 Å². The van der Waals surface area contributed by atoms with Crippen molar-refractivity contribution in [3.8, 4) is 0 Å². The number of rotatable bonds is 5. The van der Waals surface area contributed by atoms with Crippen molar-refractivity contribution < 1.29 is 19.4 Å². The fourth-order valence-electron chi connectivity index (χ4n) is 2.62. The first-order chi connectivity index (χ1) is 7.72. The zero-order chi connectivity index (χ0) is 11.5. The molecule has 0 radical (unpaired) electrons. The highest BCUT2D eigenvalue weighted by atomic mass is 16.7. The van der Waals surface area contributed by atoms with Gasteiger partial charge in [0.25, 0.3) is 0 Å². The Labute approximate surface area is 95.9 Å². The number of hydrogen-bond acceptors (Lipinski definition) is 4. The summed E-state index contributed by atoms with van der Waals surface area (Å²) >= 11 is 0. The molecule has 2 aliphatic rings. The van der Waals surface area contributed by atoms with Gasteiger partial charge < -0.3 is 14.6 Å². The Balaban J connectivity index is 1.80. The zero-order valence-electron chi connectivity index (χ0n) is 9.72. The van der Waals surface area contributed by atoms with Crippen molar-refractivity contribution in [2.24, 2.45) is 5.92 Å². The number of unbranched alkanes of at least 4 members (excludes halogenated alkanes) is 3.